The van der Waals surface area contributed by atoms with Gasteiger partial charge in [0.25, 0.3) is 0 Å². The lowest BCUT2D eigenvalue weighted by Gasteiger charge is -2.02. The highest BCUT2D eigenvalue weighted by molar-refractivity contribution is 5.84. The third kappa shape index (κ3) is 1.55. The van der Waals surface area contributed by atoms with E-state index in [-0.39, 0.29) is 5.75 Å². The number of aryl methyl sites for hydroxylation is 1. The summed E-state index contributed by atoms with van der Waals surface area (Å²) in [5.74, 6) is 0.264. The van der Waals surface area contributed by atoms with Crippen LogP contribution in [0.2, 0.25) is 0 Å². The Kier molecular flexibility index (Phi) is 2.35. The molecule has 0 radical (unpaired) electrons. The smallest absolute Gasteiger partial charge is 0.141 e. The topological polar surface area (TPSA) is 33.1 Å². The summed E-state index contributed by atoms with van der Waals surface area (Å²) in [5, 5.41) is 10.6. The second-order valence-corrected chi connectivity index (χ2v) is 3.40. The molecule has 0 aliphatic rings. The van der Waals surface area contributed by atoms with Crippen LogP contribution in [0.25, 0.3) is 10.9 Å². The quantitative estimate of drug-likeness (QED) is 0.784. The van der Waals surface area contributed by atoms with Gasteiger partial charge in [0.15, 0.2) is 0 Å². The number of hydrogen-bond donors (Lipinski definition) is 1. The summed E-state index contributed by atoms with van der Waals surface area (Å²) in [5.41, 5.74) is 1.75. The molecule has 0 bridgehead atoms. The molecule has 0 unspecified atom stereocenters. The van der Waals surface area contributed by atoms with Crippen molar-refractivity contribution in [3.05, 3.63) is 36.0 Å². The first-order chi connectivity index (χ1) is 6.81. The lowest BCUT2D eigenvalue weighted by Crippen LogP contribution is -1.89. The molecule has 72 valence electrons. The van der Waals surface area contributed by atoms with Crippen LogP contribution < -0.4 is 0 Å². The van der Waals surface area contributed by atoms with Gasteiger partial charge in [-0.2, -0.15) is 0 Å². The van der Waals surface area contributed by atoms with Crippen LogP contribution in [0.4, 0.5) is 0 Å². The average molecular weight is 187 g/mol. The van der Waals surface area contributed by atoms with Crippen LogP contribution in [0.15, 0.2) is 30.3 Å². The first-order valence-electron chi connectivity index (χ1n) is 4.89. The van der Waals surface area contributed by atoms with Crippen molar-refractivity contribution in [2.75, 3.05) is 0 Å². The van der Waals surface area contributed by atoms with Crippen LogP contribution in [-0.4, -0.2) is 10.1 Å². The molecule has 1 N–H and O–H groups in total. The molecule has 0 saturated carbocycles. The Bertz CT molecular complexity index is 451. The maximum Gasteiger partial charge on any atom is 0.141 e. The molecule has 0 aliphatic carbocycles. The number of pyridine rings is 1. The van der Waals surface area contributed by atoms with Gasteiger partial charge in [-0.3, -0.25) is 0 Å². The van der Waals surface area contributed by atoms with Gasteiger partial charge in [-0.05, 0) is 18.6 Å². The molecule has 2 aromatic rings. The number of hydrogen-bond acceptors (Lipinski definition) is 2. The number of phenols is 1. The fourth-order valence-electron chi connectivity index (χ4n) is 1.57. The molecule has 1 heterocycles. The van der Waals surface area contributed by atoms with E-state index in [9.17, 15) is 5.11 Å². The van der Waals surface area contributed by atoms with Crippen molar-refractivity contribution in [2.24, 2.45) is 0 Å². The predicted molar refractivity (Wildman–Crippen MR) is 57.4 cm³/mol. The van der Waals surface area contributed by atoms with E-state index < -0.39 is 0 Å². The first-order valence-corrected chi connectivity index (χ1v) is 4.89. The second kappa shape index (κ2) is 3.66. The maximum absolute atomic E-state index is 9.60. The summed E-state index contributed by atoms with van der Waals surface area (Å²) in [6.45, 7) is 2.12. The lowest BCUT2D eigenvalue weighted by molar-refractivity contribution is 0.480. The van der Waals surface area contributed by atoms with Gasteiger partial charge in [0.1, 0.15) is 11.3 Å². The summed E-state index contributed by atoms with van der Waals surface area (Å²) in [4.78, 5) is 4.41. The van der Waals surface area contributed by atoms with Gasteiger partial charge in [0.2, 0.25) is 0 Å². The normalized spacial score (nSPS) is 10.6. The molecule has 0 amide bonds. The number of aromatic hydroxyl groups is 1. The van der Waals surface area contributed by atoms with Gasteiger partial charge in [0, 0.05) is 11.1 Å². The van der Waals surface area contributed by atoms with Crippen molar-refractivity contribution in [2.45, 2.75) is 19.8 Å². The third-order valence-corrected chi connectivity index (χ3v) is 2.26. The molecule has 1 aromatic heterocycles. The van der Waals surface area contributed by atoms with Gasteiger partial charge in [-0.15, -0.1) is 0 Å². The Balaban J connectivity index is 2.58. The molecular formula is C12H13NO. The van der Waals surface area contributed by atoms with Crippen molar-refractivity contribution in [1.82, 2.24) is 4.98 Å². The summed E-state index contributed by atoms with van der Waals surface area (Å²) in [6.07, 6.45) is 2.04. The van der Waals surface area contributed by atoms with Crippen LogP contribution >= 0.6 is 0 Å². The van der Waals surface area contributed by atoms with Crippen molar-refractivity contribution < 1.29 is 5.11 Å². The van der Waals surface area contributed by atoms with Crippen molar-refractivity contribution in [3.8, 4) is 5.75 Å². The lowest BCUT2D eigenvalue weighted by atomic mass is 10.1. The van der Waals surface area contributed by atoms with Crippen molar-refractivity contribution >= 4 is 10.9 Å². The number of rotatable bonds is 2. The maximum atomic E-state index is 9.60. The fraction of sp³-hybridized carbons (Fsp3) is 0.250. The van der Waals surface area contributed by atoms with Gasteiger partial charge < -0.3 is 5.11 Å². The molecule has 0 spiro atoms. The Hall–Kier alpha value is -1.57. The largest absolute Gasteiger partial charge is 0.506 e. The number of benzene rings is 1. The standard InChI is InChI=1S/C12H13NO/c1-2-4-10-8-7-9-5-3-6-11(14)12(9)13-10/h3,5-8,14H,2,4H2,1H3. The van der Waals surface area contributed by atoms with Crippen LogP contribution in [0, 0.1) is 0 Å². The summed E-state index contributed by atoms with van der Waals surface area (Å²) in [6, 6.07) is 9.49. The van der Waals surface area contributed by atoms with Gasteiger partial charge in [-0.1, -0.05) is 31.5 Å². The van der Waals surface area contributed by atoms with Crippen LogP contribution in [0.1, 0.15) is 19.0 Å². The van der Waals surface area contributed by atoms with E-state index >= 15 is 0 Å². The van der Waals surface area contributed by atoms with E-state index in [2.05, 4.69) is 11.9 Å². The SMILES string of the molecule is CCCc1ccc2cccc(O)c2n1. The zero-order valence-corrected chi connectivity index (χ0v) is 8.20. The van der Waals surface area contributed by atoms with Gasteiger partial charge >= 0.3 is 0 Å². The number of para-hydroxylation sites is 1. The van der Waals surface area contributed by atoms with Crippen molar-refractivity contribution in [1.29, 1.82) is 0 Å². The zero-order chi connectivity index (χ0) is 9.97. The molecule has 2 rings (SSSR count). The first kappa shape index (κ1) is 9.00. The predicted octanol–water partition coefficient (Wildman–Crippen LogP) is 2.89. The zero-order valence-electron chi connectivity index (χ0n) is 8.20. The molecule has 14 heavy (non-hydrogen) atoms. The molecule has 1 aromatic carbocycles. The number of nitrogens with zero attached hydrogens (tertiary/aromatic N) is 1. The average Bonchev–Trinajstić information content (AvgIpc) is 2.20. The van der Waals surface area contributed by atoms with E-state index in [1.807, 2.05) is 24.3 Å². The van der Waals surface area contributed by atoms with E-state index in [1.165, 1.54) is 0 Å². The van der Waals surface area contributed by atoms with E-state index in [1.54, 1.807) is 6.07 Å². The summed E-state index contributed by atoms with van der Waals surface area (Å²) in [7, 11) is 0. The van der Waals surface area contributed by atoms with Crippen LogP contribution in [0.3, 0.4) is 0 Å². The van der Waals surface area contributed by atoms with Crippen LogP contribution in [0.5, 0.6) is 5.75 Å². The molecule has 0 aliphatic heterocycles. The number of aromatic nitrogens is 1. The minimum atomic E-state index is 0.264. The Labute approximate surface area is 83.2 Å². The molecule has 0 fully saturated rings. The monoisotopic (exact) mass is 187 g/mol. The molecule has 0 saturated heterocycles. The highest BCUT2D eigenvalue weighted by Gasteiger charge is 2.01. The number of phenolic OH excluding ortho intramolecular Hbond substituents is 1. The minimum absolute atomic E-state index is 0.264. The third-order valence-electron chi connectivity index (χ3n) is 2.26. The molecule has 2 heteroatoms. The molecule has 2 nitrogen and oxygen atoms in total. The van der Waals surface area contributed by atoms with Crippen LogP contribution in [-0.2, 0) is 6.42 Å². The highest BCUT2D eigenvalue weighted by atomic mass is 16.3. The molecule has 0 atom stereocenters. The van der Waals surface area contributed by atoms with Crippen molar-refractivity contribution in [3.63, 3.8) is 0 Å². The minimum Gasteiger partial charge on any atom is -0.506 e. The van der Waals surface area contributed by atoms with E-state index in [0.29, 0.717) is 5.52 Å². The van der Waals surface area contributed by atoms with Gasteiger partial charge in [-0.25, -0.2) is 4.98 Å². The Morgan fingerprint density at radius 2 is 2.07 bits per heavy atom. The Morgan fingerprint density at radius 3 is 2.86 bits per heavy atom. The highest BCUT2D eigenvalue weighted by Crippen LogP contribution is 2.22. The number of fused-ring (bicyclic) bond motifs is 1. The second-order valence-electron chi connectivity index (χ2n) is 3.40. The fourth-order valence-corrected chi connectivity index (χ4v) is 1.57. The van der Waals surface area contributed by atoms with Gasteiger partial charge in [0.05, 0.1) is 0 Å². The summed E-state index contributed by atoms with van der Waals surface area (Å²) < 4.78 is 0. The summed E-state index contributed by atoms with van der Waals surface area (Å²) >= 11 is 0. The molecular weight excluding hydrogens is 174 g/mol. The van der Waals surface area contributed by atoms with E-state index in [4.69, 9.17) is 0 Å². The van der Waals surface area contributed by atoms with E-state index in [0.717, 1.165) is 23.9 Å². The Morgan fingerprint density at radius 1 is 1.21 bits per heavy atom.